The molecule has 0 spiro atoms. The summed E-state index contributed by atoms with van der Waals surface area (Å²) in [6.45, 7) is 4.66. The number of hydrogen-bond acceptors (Lipinski definition) is 8. The number of anilines is 2. The highest BCUT2D eigenvalue weighted by Crippen LogP contribution is 2.36. The number of nitrogen functional groups attached to an aromatic ring is 1. The van der Waals surface area contributed by atoms with Crippen molar-refractivity contribution in [2.45, 2.75) is 32.4 Å². The number of alkyl halides is 3. The first-order valence-corrected chi connectivity index (χ1v) is 10.5. The molecular weight excluding hydrogens is 425 g/mol. The third-order valence-electron chi connectivity index (χ3n) is 5.20. The van der Waals surface area contributed by atoms with Crippen LogP contribution in [0.3, 0.4) is 0 Å². The number of fused-ring (bicyclic) bond motifs is 1. The molecule has 0 atom stereocenters. The Morgan fingerprint density at radius 1 is 1.19 bits per heavy atom. The summed E-state index contributed by atoms with van der Waals surface area (Å²) in [6, 6.07) is 1.25. The van der Waals surface area contributed by atoms with Gasteiger partial charge in [0.2, 0.25) is 0 Å². The summed E-state index contributed by atoms with van der Waals surface area (Å²) in [5.74, 6) is 0.0972. The van der Waals surface area contributed by atoms with Crippen LogP contribution in [0.5, 0.6) is 6.01 Å². The van der Waals surface area contributed by atoms with Gasteiger partial charge in [0.15, 0.2) is 11.5 Å². The van der Waals surface area contributed by atoms with E-state index in [0.717, 1.165) is 18.9 Å². The quantitative estimate of drug-likeness (QED) is 0.528. The van der Waals surface area contributed by atoms with Gasteiger partial charge in [-0.25, -0.2) is 14.5 Å². The lowest BCUT2D eigenvalue weighted by Gasteiger charge is -2.30. The number of rotatable bonds is 7. The van der Waals surface area contributed by atoms with Gasteiger partial charge in [0.25, 0.3) is 0 Å². The lowest BCUT2D eigenvalue weighted by atomic mass is 10.1. The smallest absolute Gasteiger partial charge is 0.419 e. The van der Waals surface area contributed by atoms with Gasteiger partial charge in [-0.1, -0.05) is 13.3 Å². The fourth-order valence-electron chi connectivity index (χ4n) is 3.56. The fraction of sp³-hybridized carbons (Fsp3) is 0.500. The average molecular weight is 450 g/mol. The van der Waals surface area contributed by atoms with E-state index in [4.69, 9.17) is 10.5 Å². The molecule has 172 valence electrons. The van der Waals surface area contributed by atoms with Crippen LogP contribution in [0, 0.1) is 0 Å². The highest BCUT2D eigenvalue weighted by Gasteiger charge is 2.36. The Balaban J connectivity index is 1.64. The van der Waals surface area contributed by atoms with Crippen molar-refractivity contribution in [1.82, 2.24) is 29.9 Å². The predicted octanol–water partition coefficient (Wildman–Crippen LogP) is 2.30. The molecule has 12 heteroatoms. The van der Waals surface area contributed by atoms with E-state index in [2.05, 4.69) is 25.4 Å². The van der Waals surface area contributed by atoms with Gasteiger partial charge < -0.3 is 20.7 Å². The molecule has 0 bridgehead atoms. The van der Waals surface area contributed by atoms with E-state index < -0.39 is 11.7 Å². The van der Waals surface area contributed by atoms with E-state index in [1.54, 1.807) is 4.90 Å². The lowest BCUT2D eigenvalue weighted by Crippen LogP contribution is -2.44. The van der Waals surface area contributed by atoms with Gasteiger partial charge in [0.1, 0.15) is 5.82 Å². The maximum absolute atomic E-state index is 13.8. The summed E-state index contributed by atoms with van der Waals surface area (Å²) in [5, 5.41) is 7.44. The second kappa shape index (κ2) is 9.15. The van der Waals surface area contributed by atoms with Crippen LogP contribution >= 0.6 is 0 Å². The third-order valence-corrected chi connectivity index (χ3v) is 5.20. The highest BCUT2D eigenvalue weighted by atomic mass is 19.4. The number of halogens is 3. The average Bonchev–Trinajstić information content (AvgIpc) is 3.17. The molecule has 0 unspecified atom stereocenters. The van der Waals surface area contributed by atoms with Crippen molar-refractivity contribution in [3.63, 3.8) is 0 Å². The summed E-state index contributed by atoms with van der Waals surface area (Å²) in [7, 11) is 0. The Bertz CT molecular complexity index is 1080. The standard InChI is InChI=1S/C20H25F3N8O/c1-2-3-8-32-19-28-16(24)18-27-12-14(31(18)29-19)9-13-10-15(20(21,22)23)17(26-11-13)30-6-4-25-5-7-30/h10-12,25H,2-9H2,1H3,(H2,24,28,29). The van der Waals surface area contributed by atoms with Crippen LogP contribution < -0.4 is 20.7 Å². The van der Waals surface area contributed by atoms with Crippen LogP contribution in [0.15, 0.2) is 18.5 Å². The van der Waals surface area contributed by atoms with Crippen molar-refractivity contribution in [1.29, 1.82) is 0 Å². The first-order chi connectivity index (χ1) is 15.4. The SMILES string of the molecule is CCCCOc1nc(N)c2ncc(Cc3cnc(N4CCNCC4)c(C(F)(F)F)c3)n2n1. The Hall–Kier alpha value is -3.15. The van der Waals surface area contributed by atoms with Gasteiger partial charge in [-0.2, -0.15) is 18.2 Å². The first-order valence-electron chi connectivity index (χ1n) is 10.5. The molecule has 3 aromatic rings. The number of nitrogens with one attached hydrogen (secondary N) is 1. The molecule has 32 heavy (non-hydrogen) atoms. The van der Waals surface area contributed by atoms with E-state index in [1.807, 2.05) is 6.92 Å². The number of imidazole rings is 1. The molecule has 0 aliphatic carbocycles. The van der Waals surface area contributed by atoms with E-state index in [9.17, 15) is 13.2 Å². The van der Waals surface area contributed by atoms with Crippen molar-refractivity contribution >= 4 is 17.3 Å². The Morgan fingerprint density at radius 2 is 1.97 bits per heavy atom. The van der Waals surface area contributed by atoms with Gasteiger partial charge >= 0.3 is 12.2 Å². The number of hydrogen-bond donors (Lipinski definition) is 2. The van der Waals surface area contributed by atoms with Crippen LogP contribution in [0.4, 0.5) is 24.8 Å². The largest absolute Gasteiger partial charge is 0.462 e. The minimum atomic E-state index is -4.52. The van der Waals surface area contributed by atoms with E-state index >= 15 is 0 Å². The van der Waals surface area contributed by atoms with E-state index in [0.29, 0.717) is 49.7 Å². The number of nitrogens with zero attached hydrogens (tertiary/aromatic N) is 6. The molecule has 0 amide bonds. The molecule has 3 N–H and O–H groups in total. The van der Waals surface area contributed by atoms with Crippen LogP contribution in [0.1, 0.15) is 36.6 Å². The molecule has 1 fully saturated rings. The minimum Gasteiger partial charge on any atom is -0.462 e. The van der Waals surface area contributed by atoms with Crippen molar-refractivity contribution in [3.8, 4) is 6.01 Å². The molecule has 0 aromatic carbocycles. The molecule has 9 nitrogen and oxygen atoms in total. The second-order valence-corrected chi connectivity index (χ2v) is 7.59. The molecule has 0 radical (unpaired) electrons. The van der Waals surface area contributed by atoms with Crippen LogP contribution in [0.25, 0.3) is 5.65 Å². The van der Waals surface area contributed by atoms with Crippen molar-refractivity contribution < 1.29 is 17.9 Å². The molecular formula is C20H25F3N8O. The Labute approximate surface area is 182 Å². The van der Waals surface area contributed by atoms with Gasteiger partial charge in [0.05, 0.1) is 24.1 Å². The molecule has 1 aliphatic heterocycles. The summed E-state index contributed by atoms with van der Waals surface area (Å²) in [5.41, 5.74) is 6.49. The van der Waals surface area contributed by atoms with E-state index in [1.165, 1.54) is 16.9 Å². The topological polar surface area (TPSA) is 106 Å². The lowest BCUT2D eigenvalue weighted by molar-refractivity contribution is -0.137. The van der Waals surface area contributed by atoms with Gasteiger partial charge in [-0.15, -0.1) is 5.10 Å². The molecule has 4 heterocycles. The van der Waals surface area contributed by atoms with Crippen LogP contribution in [0.2, 0.25) is 0 Å². The van der Waals surface area contributed by atoms with Crippen molar-refractivity contribution in [2.75, 3.05) is 43.4 Å². The number of pyridine rings is 1. The molecule has 1 aliphatic rings. The zero-order valence-electron chi connectivity index (χ0n) is 17.7. The first kappa shape index (κ1) is 22.1. The maximum Gasteiger partial charge on any atom is 0.419 e. The zero-order valence-corrected chi connectivity index (χ0v) is 17.7. The van der Waals surface area contributed by atoms with Gasteiger partial charge in [-0.05, 0) is 18.1 Å². The maximum atomic E-state index is 13.8. The summed E-state index contributed by atoms with van der Waals surface area (Å²) in [4.78, 5) is 14.1. The number of unbranched alkanes of at least 4 members (excludes halogenated alkanes) is 1. The van der Waals surface area contributed by atoms with Gasteiger partial charge in [0, 0.05) is 38.8 Å². The molecule has 3 aromatic heterocycles. The number of nitrogens with two attached hydrogens (primary N) is 1. The summed E-state index contributed by atoms with van der Waals surface area (Å²) >= 11 is 0. The van der Waals surface area contributed by atoms with Gasteiger partial charge in [-0.3, -0.25) is 0 Å². The predicted molar refractivity (Wildman–Crippen MR) is 113 cm³/mol. The fourth-order valence-corrected chi connectivity index (χ4v) is 3.56. The molecule has 4 rings (SSSR count). The summed E-state index contributed by atoms with van der Waals surface area (Å²) < 4.78 is 48.4. The van der Waals surface area contributed by atoms with E-state index in [-0.39, 0.29) is 24.1 Å². The highest BCUT2D eigenvalue weighted by molar-refractivity contribution is 5.60. The number of piperazine rings is 1. The Kier molecular flexibility index (Phi) is 6.31. The summed E-state index contributed by atoms with van der Waals surface area (Å²) in [6.07, 6.45) is 0.401. The molecule has 1 saturated heterocycles. The van der Waals surface area contributed by atoms with Crippen molar-refractivity contribution in [3.05, 3.63) is 35.3 Å². The molecule has 0 saturated carbocycles. The monoisotopic (exact) mass is 450 g/mol. The third kappa shape index (κ3) is 4.69. The normalized spacial score (nSPS) is 14.8. The number of aromatic nitrogens is 5. The second-order valence-electron chi connectivity index (χ2n) is 7.59. The Morgan fingerprint density at radius 3 is 2.69 bits per heavy atom. The van der Waals surface area contributed by atoms with Crippen LogP contribution in [-0.2, 0) is 12.6 Å². The van der Waals surface area contributed by atoms with Crippen molar-refractivity contribution in [2.24, 2.45) is 0 Å². The zero-order chi connectivity index (χ0) is 22.7. The van der Waals surface area contributed by atoms with Crippen LogP contribution in [-0.4, -0.2) is 57.4 Å². The number of ether oxygens (including phenoxy) is 1. The minimum absolute atomic E-state index is 0.0425.